The van der Waals surface area contributed by atoms with E-state index in [2.05, 4.69) is 30.3 Å². The zero-order valence-electron chi connectivity index (χ0n) is 14.0. The van der Waals surface area contributed by atoms with E-state index in [9.17, 15) is 0 Å². The number of aromatic nitrogens is 2. The monoisotopic (exact) mass is 354 g/mol. The lowest BCUT2D eigenvalue weighted by molar-refractivity contribution is 0.304. The second-order valence-corrected chi connectivity index (χ2v) is 7.54. The molecule has 0 aliphatic rings. The average Bonchev–Trinajstić information content (AvgIpc) is 2.97. The standard InChI is InChI=1S/C18H24Cl2N2O/c1-18(2,3)14-11-15(19)17(16(20)12-14)23-10-6-4-5-8-22-9-7-21-13-22/h7,9,11-13H,4-6,8,10H2,1-3H3. The molecule has 1 aromatic heterocycles. The summed E-state index contributed by atoms with van der Waals surface area (Å²) in [6, 6.07) is 3.89. The Morgan fingerprint density at radius 3 is 2.35 bits per heavy atom. The lowest BCUT2D eigenvalue weighted by Crippen LogP contribution is -2.11. The number of aryl methyl sites for hydroxylation is 1. The normalized spacial score (nSPS) is 11.7. The highest BCUT2D eigenvalue weighted by Crippen LogP contribution is 2.37. The van der Waals surface area contributed by atoms with E-state index in [1.165, 1.54) is 0 Å². The van der Waals surface area contributed by atoms with Crippen LogP contribution in [-0.2, 0) is 12.0 Å². The number of ether oxygens (including phenoxy) is 1. The van der Waals surface area contributed by atoms with E-state index in [1.807, 2.05) is 24.7 Å². The van der Waals surface area contributed by atoms with E-state index in [1.54, 1.807) is 6.20 Å². The topological polar surface area (TPSA) is 27.1 Å². The van der Waals surface area contributed by atoms with Crippen LogP contribution in [0.2, 0.25) is 10.0 Å². The highest BCUT2D eigenvalue weighted by Gasteiger charge is 2.18. The van der Waals surface area contributed by atoms with Crippen LogP contribution in [-0.4, -0.2) is 16.2 Å². The van der Waals surface area contributed by atoms with Gasteiger partial charge in [-0.3, -0.25) is 0 Å². The van der Waals surface area contributed by atoms with E-state index < -0.39 is 0 Å². The summed E-state index contributed by atoms with van der Waals surface area (Å²) < 4.78 is 7.87. The number of benzene rings is 1. The van der Waals surface area contributed by atoms with Crippen LogP contribution < -0.4 is 4.74 Å². The summed E-state index contributed by atoms with van der Waals surface area (Å²) >= 11 is 12.7. The molecule has 0 bridgehead atoms. The van der Waals surface area contributed by atoms with Gasteiger partial charge in [-0.1, -0.05) is 44.0 Å². The first kappa shape index (κ1) is 18.2. The first-order chi connectivity index (χ1) is 10.9. The fourth-order valence-corrected chi connectivity index (χ4v) is 2.89. The van der Waals surface area contributed by atoms with Gasteiger partial charge < -0.3 is 9.30 Å². The largest absolute Gasteiger partial charge is 0.490 e. The van der Waals surface area contributed by atoms with E-state index in [0.717, 1.165) is 31.4 Å². The van der Waals surface area contributed by atoms with Crippen molar-refractivity contribution in [3.63, 3.8) is 0 Å². The summed E-state index contributed by atoms with van der Waals surface area (Å²) in [6.45, 7) is 8.02. The lowest BCUT2D eigenvalue weighted by Gasteiger charge is -2.21. The molecule has 5 heteroatoms. The smallest absolute Gasteiger partial charge is 0.156 e. The van der Waals surface area contributed by atoms with Gasteiger partial charge in [0.2, 0.25) is 0 Å². The van der Waals surface area contributed by atoms with E-state index >= 15 is 0 Å². The number of hydrogen-bond acceptors (Lipinski definition) is 2. The molecule has 23 heavy (non-hydrogen) atoms. The second kappa shape index (κ2) is 8.07. The van der Waals surface area contributed by atoms with Crippen molar-refractivity contribution in [1.29, 1.82) is 0 Å². The molecule has 126 valence electrons. The highest BCUT2D eigenvalue weighted by atomic mass is 35.5. The molecule has 0 amide bonds. The first-order valence-electron chi connectivity index (χ1n) is 7.96. The van der Waals surface area contributed by atoms with Crippen molar-refractivity contribution in [2.24, 2.45) is 0 Å². The lowest BCUT2D eigenvalue weighted by atomic mass is 9.87. The third-order valence-corrected chi connectivity index (χ3v) is 4.29. The fourth-order valence-electron chi connectivity index (χ4n) is 2.30. The van der Waals surface area contributed by atoms with Gasteiger partial charge in [-0.25, -0.2) is 4.98 Å². The summed E-state index contributed by atoms with van der Waals surface area (Å²) in [6.07, 6.45) is 8.79. The zero-order valence-corrected chi connectivity index (χ0v) is 15.5. The second-order valence-electron chi connectivity index (χ2n) is 6.73. The average molecular weight is 355 g/mol. The van der Waals surface area contributed by atoms with Crippen molar-refractivity contribution < 1.29 is 4.74 Å². The molecule has 1 heterocycles. The van der Waals surface area contributed by atoms with Gasteiger partial charge in [0.25, 0.3) is 0 Å². The third-order valence-electron chi connectivity index (χ3n) is 3.73. The summed E-state index contributed by atoms with van der Waals surface area (Å²) in [5.41, 5.74) is 1.12. The quantitative estimate of drug-likeness (QED) is 0.593. The van der Waals surface area contributed by atoms with Gasteiger partial charge in [0.1, 0.15) is 0 Å². The summed E-state index contributed by atoms with van der Waals surface area (Å²) in [5, 5.41) is 1.17. The van der Waals surface area contributed by atoms with Crippen LogP contribution in [0.5, 0.6) is 5.75 Å². The van der Waals surface area contributed by atoms with Gasteiger partial charge in [-0.2, -0.15) is 0 Å². The summed E-state index contributed by atoms with van der Waals surface area (Å²) in [7, 11) is 0. The van der Waals surface area contributed by atoms with E-state index in [4.69, 9.17) is 27.9 Å². The molecule has 0 saturated carbocycles. The molecule has 2 rings (SSSR count). The molecule has 0 fully saturated rings. The van der Waals surface area contributed by atoms with Crippen LogP contribution in [0.15, 0.2) is 30.9 Å². The Labute approximate surface area is 148 Å². The van der Waals surface area contributed by atoms with Crippen LogP contribution in [0.1, 0.15) is 45.6 Å². The number of unbranched alkanes of at least 4 members (excludes halogenated alkanes) is 2. The van der Waals surface area contributed by atoms with Crippen LogP contribution in [0.25, 0.3) is 0 Å². The molecule has 0 unspecified atom stereocenters. The Morgan fingerprint density at radius 1 is 1.09 bits per heavy atom. The van der Waals surface area contributed by atoms with Crippen molar-refractivity contribution in [3.05, 3.63) is 46.5 Å². The molecule has 1 aromatic carbocycles. The Kier molecular flexibility index (Phi) is 6.37. The number of nitrogens with zero attached hydrogens (tertiary/aromatic N) is 2. The van der Waals surface area contributed by atoms with Crippen molar-refractivity contribution >= 4 is 23.2 Å². The van der Waals surface area contributed by atoms with Gasteiger partial charge in [0, 0.05) is 18.9 Å². The molecule has 0 radical (unpaired) electrons. The summed E-state index contributed by atoms with van der Waals surface area (Å²) in [5.74, 6) is 0.593. The first-order valence-corrected chi connectivity index (χ1v) is 8.71. The minimum absolute atomic E-state index is 0.0130. The van der Waals surface area contributed by atoms with Gasteiger partial charge in [0.05, 0.1) is 23.0 Å². The number of hydrogen-bond donors (Lipinski definition) is 0. The molecular formula is C18H24Cl2N2O. The van der Waals surface area contributed by atoms with Crippen molar-refractivity contribution in [3.8, 4) is 5.75 Å². The molecule has 0 atom stereocenters. The molecular weight excluding hydrogens is 331 g/mol. The predicted molar refractivity (Wildman–Crippen MR) is 96.7 cm³/mol. The molecule has 0 spiro atoms. The van der Waals surface area contributed by atoms with Crippen LogP contribution in [0, 0.1) is 0 Å². The van der Waals surface area contributed by atoms with Crippen LogP contribution in [0.3, 0.4) is 0 Å². The predicted octanol–water partition coefficient (Wildman–Crippen LogP) is 5.74. The molecule has 3 nitrogen and oxygen atoms in total. The molecule has 2 aromatic rings. The van der Waals surface area contributed by atoms with Crippen molar-refractivity contribution in [2.45, 2.75) is 52.0 Å². The fraction of sp³-hybridized carbons (Fsp3) is 0.500. The van der Waals surface area contributed by atoms with E-state index in [0.29, 0.717) is 22.4 Å². The Hall–Kier alpha value is -1.19. The van der Waals surface area contributed by atoms with Crippen molar-refractivity contribution in [1.82, 2.24) is 9.55 Å². The van der Waals surface area contributed by atoms with Crippen LogP contribution >= 0.6 is 23.2 Å². The molecule has 0 aliphatic heterocycles. The van der Waals surface area contributed by atoms with Crippen molar-refractivity contribution in [2.75, 3.05) is 6.61 Å². The maximum absolute atomic E-state index is 6.33. The van der Waals surface area contributed by atoms with Gasteiger partial charge >= 0.3 is 0 Å². The Balaban J connectivity index is 1.79. The highest BCUT2D eigenvalue weighted by molar-refractivity contribution is 6.37. The number of rotatable bonds is 7. The van der Waals surface area contributed by atoms with Gasteiger partial charge in [0.15, 0.2) is 5.75 Å². The summed E-state index contributed by atoms with van der Waals surface area (Å²) in [4.78, 5) is 4.03. The van der Waals surface area contributed by atoms with Crippen LogP contribution in [0.4, 0.5) is 0 Å². The van der Waals surface area contributed by atoms with E-state index in [-0.39, 0.29) is 5.41 Å². The Morgan fingerprint density at radius 2 is 1.78 bits per heavy atom. The SMILES string of the molecule is CC(C)(C)c1cc(Cl)c(OCCCCCn2ccnc2)c(Cl)c1. The minimum Gasteiger partial charge on any atom is -0.490 e. The maximum Gasteiger partial charge on any atom is 0.156 e. The van der Waals surface area contributed by atoms with Gasteiger partial charge in [-0.05, 0) is 42.4 Å². The number of halogens is 2. The molecule has 0 saturated heterocycles. The number of imidazole rings is 1. The maximum atomic E-state index is 6.33. The molecule has 0 aliphatic carbocycles. The Bertz CT molecular complexity index is 595. The van der Waals surface area contributed by atoms with Gasteiger partial charge in [-0.15, -0.1) is 0 Å². The minimum atomic E-state index is 0.0130. The zero-order chi connectivity index (χ0) is 16.9. The molecule has 0 N–H and O–H groups in total. The third kappa shape index (κ3) is 5.43.